The standard InChI is InChI=1S/C12H13NO3S2/c1-7(2-3-11(14)15)13-12(16)10-6-9-8(18-10)4-5-17-9/h4-7H,2-3H2,1H3,(H,13,16)(H,14,15). The molecular weight excluding hydrogens is 270 g/mol. The van der Waals surface area contributed by atoms with Crippen LogP contribution in [0.25, 0.3) is 9.40 Å². The summed E-state index contributed by atoms with van der Waals surface area (Å²) < 4.78 is 2.23. The summed E-state index contributed by atoms with van der Waals surface area (Å²) in [5.41, 5.74) is 0. The molecule has 2 heterocycles. The number of nitrogens with one attached hydrogen (secondary N) is 1. The van der Waals surface area contributed by atoms with Crippen molar-refractivity contribution in [1.82, 2.24) is 5.32 Å². The third-order valence-electron chi connectivity index (χ3n) is 2.53. The second kappa shape index (κ2) is 5.49. The Kier molecular flexibility index (Phi) is 3.98. The summed E-state index contributed by atoms with van der Waals surface area (Å²) in [4.78, 5) is 23.0. The summed E-state index contributed by atoms with van der Waals surface area (Å²) in [7, 11) is 0. The molecule has 0 aliphatic rings. The van der Waals surface area contributed by atoms with Crippen molar-refractivity contribution in [2.45, 2.75) is 25.8 Å². The first-order chi connectivity index (χ1) is 8.56. The van der Waals surface area contributed by atoms with Gasteiger partial charge in [-0.3, -0.25) is 9.59 Å². The van der Waals surface area contributed by atoms with Gasteiger partial charge in [0.25, 0.3) is 5.91 Å². The maximum absolute atomic E-state index is 11.9. The van der Waals surface area contributed by atoms with E-state index in [1.165, 1.54) is 11.3 Å². The highest BCUT2D eigenvalue weighted by atomic mass is 32.1. The SMILES string of the molecule is CC(CCC(=O)O)NC(=O)c1cc2sccc2s1. The molecule has 0 bridgehead atoms. The number of carbonyl (C=O) groups excluding carboxylic acids is 1. The van der Waals surface area contributed by atoms with Gasteiger partial charge < -0.3 is 10.4 Å². The number of carboxylic acid groups (broad SMARTS) is 1. The number of aliphatic carboxylic acids is 1. The highest BCUT2D eigenvalue weighted by molar-refractivity contribution is 7.27. The van der Waals surface area contributed by atoms with Crippen LogP contribution in [0.5, 0.6) is 0 Å². The van der Waals surface area contributed by atoms with Crippen LogP contribution in [-0.4, -0.2) is 23.0 Å². The fraction of sp³-hybridized carbons (Fsp3) is 0.333. The Hall–Kier alpha value is -1.40. The molecule has 1 unspecified atom stereocenters. The molecule has 0 saturated carbocycles. The van der Waals surface area contributed by atoms with Crippen molar-refractivity contribution in [3.63, 3.8) is 0 Å². The number of amides is 1. The molecule has 1 amide bonds. The minimum Gasteiger partial charge on any atom is -0.481 e. The van der Waals surface area contributed by atoms with Crippen LogP contribution in [0.1, 0.15) is 29.4 Å². The third-order valence-corrected chi connectivity index (χ3v) is 4.62. The second-order valence-electron chi connectivity index (χ2n) is 4.07. The van der Waals surface area contributed by atoms with Crippen molar-refractivity contribution in [3.05, 3.63) is 22.4 Å². The lowest BCUT2D eigenvalue weighted by Gasteiger charge is -2.11. The molecule has 0 spiro atoms. The van der Waals surface area contributed by atoms with Crippen LogP contribution >= 0.6 is 22.7 Å². The zero-order valence-electron chi connectivity index (χ0n) is 9.80. The van der Waals surface area contributed by atoms with Crippen molar-refractivity contribution in [3.8, 4) is 0 Å². The van der Waals surface area contributed by atoms with Gasteiger partial charge in [0.1, 0.15) is 0 Å². The highest BCUT2D eigenvalue weighted by Gasteiger charge is 2.14. The molecule has 0 aliphatic heterocycles. The van der Waals surface area contributed by atoms with E-state index < -0.39 is 5.97 Å². The molecule has 0 aromatic carbocycles. The summed E-state index contributed by atoms with van der Waals surface area (Å²) in [6.07, 6.45) is 0.516. The van der Waals surface area contributed by atoms with E-state index in [2.05, 4.69) is 5.32 Å². The van der Waals surface area contributed by atoms with E-state index in [9.17, 15) is 9.59 Å². The molecule has 0 radical (unpaired) electrons. The van der Waals surface area contributed by atoms with Crippen molar-refractivity contribution < 1.29 is 14.7 Å². The number of hydrogen-bond acceptors (Lipinski definition) is 4. The number of carbonyl (C=O) groups is 2. The van der Waals surface area contributed by atoms with Crippen molar-refractivity contribution in [1.29, 1.82) is 0 Å². The molecule has 1 atom stereocenters. The fourth-order valence-electron chi connectivity index (χ4n) is 1.58. The molecule has 96 valence electrons. The van der Waals surface area contributed by atoms with E-state index in [4.69, 9.17) is 5.11 Å². The summed E-state index contributed by atoms with van der Waals surface area (Å²) in [6.45, 7) is 1.82. The van der Waals surface area contributed by atoms with Crippen LogP contribution in [0.4, 0.5) is 0 Å². The Bertz CT molecular complexity index is 544. The molecule has 6 heteroatoms. The van der Waals surface area contributed by atoms with Crippen molar-refractivity contribution in [2.24, 2.45) is 0 Å². The average molecular weight is 283 g/mol. The van der Waals surface area contributed by atoms with E-state index in [-0.39, 0.29) is 18.4 Å². The molecule has 18 heavy (non-hydrogen) atoms. The lowest BCUT2D eigenvalue weighted by Crippen LogP contribution is -2.32. The van der Waals surface area contributed by atoms with Crippen molar-refractivity contribution >= 4 is 43.9 Å². The maximum atomic E-state index is 11.9. The Labute approximate surface area is 112 Å². The van der Waals surface area contributed by atoms with E-state index in [1.807, 2.05) is 24.4 Å². The number of hydrogen-bond donors (Lipinski definition) is 2. The van der Waals surface area contributed by atoms with Gasteiger partial charge in [0, 0.05) is 21.9 Å². The van der Waals surface area contributed by atoms with Crippen LogP contribution in [-0.2, 0) is 4.79 Å². The molecule has 2 aromatic heterocycles. The highest BCUT2D eigenvalue weighted by Crippen LogP contribution is 2.29. The molecular formula is C12H13NO3S2. The lowest BCUT2D eigenvalue weighted by molar-refractivity contribution is -0.137. The largest absolute Gasteiger partial charge is 0.481 e. The number of carboxylic acids is 1. The first kappa shape index (κ1) is 13.0. The summed E-state index contributed by atoms with van der Waals surface area (Å²) in [5, 5.41) is 13.4. The number of thiophene rings is 2. The molecule has 2 N–H and O–H groups in total. The van der Waals surface area contributed by atoms with Gasteiger partial charge in [0.2, 0.25) is 0 Å². The maximum Gasteiger partial charge on any atom is 0.303 e. The minimum atomic E-state index is -0.840. The summed E-state index contributed by atoms with van der Waals surface area (Å²) >= 11 is 3.07. The van der Waals surface area contributed by atoms with Gasteiger partial charge in [-0.25, -0.2) is 0 Å². The molecule has 0 saturated heterocycles. The Morgan fingerprint density at radius 2 is 2.22 bits per heavy atom. The zero-order chi connectivity index (χ0) is 13.1. The monoisotopic (exact) mass is 283 g/mol. The van der Waals surface area contributed by atoms with Gasteiger partial charge in [-0.2, -0.15) is 0 Å². The van der Waals surface area contributed by atoms with E-state index >= 15 is 0 Å². The third kappa shape index (κ3) is 3.08. The number of fused-ring (bicyclic) bond motifs is 1. The van der Waals surface area contributed by atoms with Gasteiger partial charge in [0.15, 0.2) is 0 Å². The topological polar surface area (TPSA) is 66.4 Å². The van der Waals surface area contributed by atoms with Gasteiger partial charge in [-0.1, -0.05) is 0 Å². The quantitative estimate of drug-likeness (QED) is 0.886. The minimum absolute atomic E-state index is 0.0704. The molecule has 4 nitrogen and oxygen atoms in total. The van der Waals surface area contributed by atoms with Crippen LogP contribution in [0.3, 0.4) is 0 Å². The van der Waals surface area contributed by atoms with Gasteiger partial charge in [-0.05, 0) is 30.9 Å². The molecule has 0 aliphatic carbocycles. The van der Waals surface area contributed by atoms with E-state index in [0.29, 0.717) is 11.3 Å². The smallest absolute Gasteiger partial charge is 0.303 e. The van der Waals surface area contributed by atoms with Gasteiger partial charge >= 0.3 is 5.97 Å². The predicted octanol–water partition coefficient (Wildman–Crippen LogP) is 2.95. The van der Waals surface area contributed by atoms with E-state index in [0.717, 1.165) is 9.40 Å². The Morgan fingerprint density at radius 1 is 1.44 bits per heavy atom. The zero-order valence-corrected chi connectivity index (χ0v) is 11.4. The normalized spacial score (nSPS) is 12.5. The second-order valence-corrected chi connectivity index (χ2v) is 6.10. The van der Waals surface area contributed by atoms with Crippen LogP contribution in [0.2, 0.25) is 0 Å². The molecule has 2 rings (SSSR count). The first-order valence-corrected chi connectivity index (χ1v) is 7.25. The molecule has 2 aromatic rings. The van der Waals surface area contributed by atoms with Gasteiger partial charge in [-0.15, -0.1) is 22.7 Å². The lowest BCUT2D eigenvalue weighted by atomic mass is 10.2. The van der Waals surface area contributed by atoms with Crippen LogP contribution in [0.15, 0.2) is 17.5 Å². The molecule has 0 fully saturated rings. The van der Waals surface area contributed by atoms with Crippen molar-refractivity contribution in [2.75, 3.05) is 0 Å². The fourth-order valence-corrected chi connectivity index (χ4v) is 3.60. The summed E-state index contributed by atoms with van der Waals surface area (Å²) in [5.74, 6) is -0.964. The van der Waals surface area contributed by atoms with Crippen LogP contribution in [0, 0.1) is 0 Å². The predicted molar refractivity (Wildman–Crippen MR) is 73.5 cm³/mol. The number of rotatable bonds is 5. The average Bonchev–Trinajstić information content (AvgIpc) is 2.85. The Morgan fingerprint density at radius 3 is 2.89 bits per heavy atom. The van der Waals surface area contributed by atoms with Gasteiger partial charge in [0.05, 0.1) is 4.88 Å². The Balaban J connectivity index is 1.95. The van der Waals surface area contributed by atoms with E-state index in [1.54, 1.807) is 11.3 Å². The summed E-state index contributed by atoms with van der Waals surface area (Å²) in [6, 6.07) is 3.74. The van der Waals surface area contributed by atoms with Crippen LogP contribution < -0.4 is 5.32 Å². The first-order valence-electron chi connectivity index (χ1n) is 5.56.